The second kappa shape index (κ2) is 19.8. The Balaban J connectivity index is 1.75. The largest absolute Gasteiger partial charge is 0.460 e. The molecule has 51 heavy (non-hydrogen) atoms. The van der Waals surface area contributed by atoms with Gasteiger partial charge in [-0.1, -0.05) is 76.9 Å². The van der Waals surface area contributed by atoms with Crippen LogP contribution in [0.2, 0.25) is 0 Å². The van der Waals surface area contributed by atoms with Gasteiger partial charge >= 0.3 is 5.90 Å². The van der Waals surface area contributed by atoms with E-state index in [1.807, 2.05) is 94.7 Å². The van der Waals surface area contributed by atoms with Crippen molar-refractivity contribution in [1.82, 2.24) is 20.9 Å². The highest BCUT2D eigenvalue weighted by molar-refractivity contribution is 7.99. The van der Waals surface area contributed by atoms with E-state index in [9.17, 15) is 24.6 Å². The Morgan fingerprint density at radius 2 is 1.53 bits per heavy atom. The molecule has 276 valence electrons. The summed E-state index contributed by atoms with van der Waals surface area (Å²) in [6.07, 6.45) is 4.72. The lowest BCUT2D eigenvalue weighted by Gasteiger charge is -2.29. The van der Waals surface area contributed by atoms with Crippen molar-refractivity contribution in [2.24, 2.45) is 17.8 Å². The van der Waals surface area contributed by atoms with Crippen LogP contribution < -0.4 is 25.2 Å². The van der Waals surface area contributed by atoms with Gasteiger partial charge in [-0.2, -0.15) is 0 Å². The zero-order valence-electron chi connectivity index (χ0n) is 31.0. The predicted molar refractivity (Wildman–Crippen MR) is 204 cm³/mol. The normalized spacial score (nSPS) is 14.7. The minimum Gasteiger partial charge on any atom is -0.460 e. The Hall–Kier alpha value is -4.42. The van der Waals surface area contributed by atoms with E-state index in [2.05, 4.69) is 25.9 Å². The molecule has 1 heterocycles. The topological polar surface area (TPSA) is 158 Å². The summed E-state index contributed by atoms with van der Waals surface area (Å²) >= 11 is 1.46. The number of carbonyl (C=O) groups is 3. The number of aliphatic hydroxyl groups excluding tert-OH is 2. The first-order chi connectivity index (χ1) is 24.2. The van der Waals surface area contributed by atoms with Gasteiger partial charge in [0, 0.05) is 61.9 Å². The van der Waals surface area contributed by atoms with E-state index in [-0.39, 0.29) is 42.0 Å². The molecule has 0 unspecified atom stereocenters. The zero-order valence-corrected chi connectivity index (χ0v) is 31.8. The Bertz CT molecular complexity index is 1600. The molecule has 6 N–H and O–H groups in total. The maximum absolute atomic E-state index is 13.8. The van der Waals surface area contributed by atoms with Gasteiger partial charge in [0.25, 0.3) is 5.91 Å². The number of aromatic nitrogens is 1. The molecule has 0 bridgehead atoms. The van der Waals surface area contributed by atoms with Crippen molar-refractivity contribution in [1.29, 1.82) is 0 Å². The molecule has 5 atom stereocenters. The third-order valence-electron chi connectivity index (χ3n) is 8.76. The van der Waals surface area contributed by atoms with Crippen molar-refractivity contribution in [2.75, 3.05) is 17.6 Å². The predicted octanol–water partition coefficient (Wildman–Crippen LogP) is 3.93. The minimum absolute atomic E-state index is 0.0684. The van der Waals surface area contributed by atoms with Crippen LogP contribution >= 0.6 is 11.9 Å². The highest BCUT2D eigenvalue weighted by Crippen LogP contribution is 2.24. The van der Waals surface area contributed by atoms with Crippen LogP contribution in [0.4, 0.5) is 5.69 Å². The molecule has 0 aliphatic rings. The average Bonchev–Trinajstić information content (AvgIpc) is 3.12. The molecule has 0 aliphatic carbocycles. The summed E-state index contributed by atoms with van der Waals surface area (Å²) < 4.78 is 1.89. The number of rotatable bonds is 18. The van der Waals surface area contributed by atoms with E-state index in [4.69, 9.17) is 0 Å². The number of hydrogen-bond acceptors (Lipinski definition) is 7. The van der Waals surface area contributed by atoms with Crippen molar-refractivity contribution in [2.45, 2.75) is 85.2 Å². The second-order valence-corrected chi connectivity index (χ2v) is 14.7. The van der Waals surface area contributed by atoms with Gasteiger partial charge in [0.15, 0.2) is 6.04 Å². The number of nitrogens with zero attached hydrogens (tertiary/aromatic N) is 2. The molecular weight excluding hydrogens is 665 g/mol. The Kier molecular flexibility index (Phi) is 15.9. The number of carbonyl (C=O) groups excluding carboxylic acids is 3. The van der Waals surface area contributed by atoms with Crippen molar-refractivity contribution in [3.63, 3.8) is 0 Å². The molecule has 2 aromatic carbocycles. The molecular formula is C39H55N6O5S+. The fourth-order valence-corrected chi connectivity index (χ4v) is 5.93. The molecule has 1 aromatic heterocycles. The SMILES string of the molecule is CSN(C)c1cc(C(=O)N[C@@H](CC(C)C)[C@@H](O)C[C@@H](C)C(=O)N[C@H](C(=O)NCc2ccncc2)C(C)C)cc(C(O)=[NH+][C@H](C)c2ccccc2)c1. The van der Waals surface area contributed by atoms with Crippen molar-refractivity contribution < 1.29 is 29.6 Å². The second-order valence-electron chi connectivity index (χ2n) is 13.8. The summed E-state index contributed by atoms with van der Waals surface area (Å²) in [6, 6.07) is 16.9. The molecule has 0 fully saturated rings. The Morgan fingerprint density at radius 1 is 0.882 bits per heavy atom. The number of anilines is 1. The van der Waals surface area contributed by atoms with E-state index in [1.165, 1.54) is 11.9 Å². The van der Waals surface area contributed by atoms with Gasteiger partial charge in [0.05, 0.1) is 17.7 Å². The van der Waals surface area contributed by atoms with Gasteiger partial charge in [-0.15, -0.1) is 0 Å². The van der Waals surface area contributed by atoms with Crippen LogP contribution in [0.5, 0.6) is 0 Å². The summed E-state index contributed by atoms with van der Waals surface area (Å²) in [5, 5.41) is 31.3. The van der Waals surface area contributed by atoms with Crippen LogP contribution in [-0.4, -0.2) is 70.3 Å². The monoisotopic (exact) mass is 719 g/mol. The average molecular weight is 720 g/mol. The molecule has 0 radical (unpaired) electrons. The summed E-state index contributed by atoms with van der Waals surface area (Å²) in [6.45, 7) is 11.7. The van der Waals surface area contributed by atoms with Gasteiger partial charge in [-0.3, -0.25) is 19.4 Å². The van der Waals surface area contributed by atoms with E-state index >= 15 is 0 Å². The number of aliphatic hydroxyl groups is 2. The van der Waals surface area contributed by atoms with Gasteiger partial charge in [0.1, 0.15) is 6.04 Å². The van der Waals surface area contributed by atoms with Crippen LogP contribution in [0.1, 0.15) is 87.5 Å². The first-order valence-corrected chi connectivity index (χ1v) is 18.6. The molecule has 11 nitrogen and oxygen atoms in total. The fourth-order valence-electron chi connectivity index (χ4n) is 5.62. The van der Waals surface area contributed by atoms with Crippen molar-refractivity contribution >= 4 is 41.3 Å². The Labute approximate surface area is 306 Å². The van der Waals surface area contributed by atoms with E-state index < -0.39 is 30.0 Å². The Morgan fingerprint density at radius 3 is 2.14 bits per heavy atom. The first kappa shape index (κ1) is 41.0. The third-order valence-corrected chi connectivity index (χ3v) is 9.51. The first-order valence-electron chi connectivity index (χ1n) is 17.5. The molecule has 3 rings (SSSR count). The summed E-state index contributed by atoms with van der Waals surface area (Å²) in [5.74, 6) is -1.82. The van der Waals surface area contributed by atoms with Crippen LogP contribution in [0.3, 0.4) is 0 Å². The van der Waals surface area contributed by atoms with Crippen molar-refractivity contribution in [3.8, 4) is 0 Å². The molecule has 12 heteroatoms. The maximum Gasteiger partial charge on any atom is 0.366 e. The van der Waals surface area contributed by atoms with Crippen LogP contribution in [0.15, 0.2) is 73.1 Å². The maximum atomic E-state index is 13.8. The number of nitrogens with one attached hydrogen (secondary N) is 4. The molecule has 0 aliphatic heterocycles. The lowest BCUT2D eigenvalue weighted by molar-refractivity contribution is -0.512. The quantitative estimate of drug-likeness (QED) is 0.0656. The number of hydrogen-bond donors (Lipinski definition) is 6. The van der Waals surface area contributed by atoms with Crippen molar-refractivity contribution in [3.05, 3.63) is 95.3 Å². The highest BCUT2D eigenvalue weighted by Gasteiger charge is 2.30. The van der Waals surface area contributed by atoms with Gasteiger partial charge in [0.2, 0.25) is 11.8 Å². The van der Waals surface area contributed by atoms with E-state index in [1.54, 1.807) is 37.5 Å². The molecule has 3 aromatic rings. The van der Waals surface area contributed by atoms with Gasteiger partial charge in [-0.05, 0) is 60.6 Å². The van der Waals surface area contributed by atoms with E-state index in [0.717, 1.165) is 11.1 Å². The lowest BCUT2D eigenvalue weighted by Crippen LogP contribution is -2.74. The molecule has 0 saturated carbocycles. The molecule has 0 spiro atoms. The van der Waals surface area contributed by atoms with Crippen LogP contribution in [0, 0.1) is 17.8 Å². The zero-order chi connectivity index (χ0) is 37.7. The number of pyridine rings is 1. The highest BCUT2D eigenvalue weighted by atomic mass is 32.2. The van der Waals surface area contributed by atoms with Gasteiger partial charge < -0.3 is 30.5 Å². The minimum atomic E-state index is -1.04. The molecule has 0 saturated heterocycles. The van der Waals surface area contributed by atoms with E-state index in [0.29, 0.717) is 29.8 Å². The molecule has 3 amide bonds. The number of benzene rings is 2. The summed E-state index contributed by atoms with van der Waals surface area (Å²) in [4.78, 5) is 47.3. The van der Waals surface area contributed by atoms with Crippen LogP contribution in [0.25, 0.3) is 0 Å². The number of amides is 3. The third kappa shape index (κ3) is 12.7. The lowest BCUT2D eigenvalue weighted by atomic mass is 9.91. The smallest absolute Gasteiger partial charge is 0.366 e. The summed E-state index contributed by atoms with van der Waals surface area (Å²) in [7, 11) is 1.87. The fraction of sp³-hybridized carbons (Fsp3) is 0.462. The van der Waals surface area contributed by atoms with Gasteiger partial charge in [-0.25, -0.2) is 4.99 Å². The standard InChI is InChI=1S/C39H54N6O5S/c1-24(2)18-33(34(46)19-26(5)36(47)44-35(25(3)4)39(50)41-23-28-14-16-40-17-15-28)43-38(49)31-20-30(21-32(22-31)45(7)51-8)37(48)42-27(6)29-12-10-9-11-13-29/h9-17,20-22,24-27,33-35,46H,18-19,23H2,1-8H3,(H,41,50)(H,42,48)(H,43,49)(H,44,47)/p+1/t26-,27-,33+,34+,35+/m1/s1. The van der Waals surface area contributed by atoms with Crippen LogP contribution in [-0.2, 0) is 16.1 Å². The summed E-state index contributed by atoms with van der Waals surface area (Å²) in [5.41, 5.74) is 3.36.